The van der Waals surface area contributed by atoms with Gasteiger partial charge in [0.2, 0.25) is 0 Å². The summed E-state index contributed by atoms with van der Waals surface area (Å²) >= 11 is 0. The van der Waals surface area contributed by atoms with E-state index < -0.39 is 0 Å². The van der Waals surface area contributed by atoms with E-state index in [1.54, 1.807) is 88.1 Å². The quantitative estimate of drug-likeness (QED) is 0.145. The molecule has 0 saturated heterocycles. The Morgan fingerprint density at radius 3 is 0.562 bits per heavy atom. The molecule has 8 bridgehead atoms. The highest BCUT2D eigenvalue weighted by Gasteiger charge is 2.36. The van der Waals surface area contributed by atoms with Gasteiger partial charge in [-0.3, -0.25) is 0 Å². The molecule has 0 fully saturated rings. The number of benzene rings is 8. The average Bonchev–Trinajstić information content (AvgIpc) is 1.56. The van der Waals surface area contributed by atoms with Gasteiger partial charge in [-0.25, -0.2) is 107 Å². The number of aromatic amines is 2. The Balaban J connectivity index is 1.07. The van der Waals surface area contributed by atoms with Gasteiger partial charge in [-0.15, -0.1) is 0 Å². The van der Waals surface area contributed by atoms with Crippen molar-refractivity contribution in [2.24, 2.45) is 0 Å². The topological polar surface area (TPSA) is 355 Å². The Bertz CT molecular complexity index is 5770. The van der Waals surface area contributed by atoms with Crippen molar-refractivity contribution < 1.29 is 0 Å². The Hall–Kier alpha value is -14.7. The van der Waals surface area contributed by atoms with Crippen LogP contribution in [0.2, 0.25) is 0 Å². The second-order valence-corrected chi connectivity index (χ2v) is 22.3. The van der Waals surface area contributed by atoms with Gasteiger partial charge in [0.05, 0.1) is 89.3 Å². The first kappa shape index (κ1) is 51.1. The van der Waals surface area contributed by atoms with E-state index in [-0.39, 0.29) is 45.9 Å². The largest absolute Gasteiger partial charge is 0.324 e. The molecule has 19 aromatic rings. The second-order valence-electron chi connectivity index (χ2n) is 22.3. The zero-order chi connectivity index (χ0) is 62.7. The maximum absolute atomic E-state index is 5.81. The normalized spacial score (nSPS) is 12.2. The van der Waals surface area contributed by atoms with E-state index in [0.29, 0.717) is 89.3 Å². The van der Waals surface area contributed by atoms with Crippen molar-refractivity contribution in [1.29, 1.82) is 0 Å². The maximum atomic E-state index is 5.81. The van der Waals surface area contributed by atoms with Crippen molar-refractivity contribution in [1.82, 2.24) is 158 Å². The molecule has 2 aliphatic rings. The molecule has 0 saturated carbocycles. The minimum Gasteiger partial charge on any atom is -0.324 e. The number of hydrogen-bond donors (Lipinski definition) is 2. The van der Waals surface area contributed by atoms with Crippen molar-refractivity contribution in [3.05, 3.63) is 198 Å². The molecule has 2 N–H and O–H groups in total. The Labute approximate surface area is 532 Å². The van der Waals surface area contributed by atoms with Crippen molar-refractivity contribution >= 4 is 87.2 Å². The fourth-order valence-electron chi connectivity index (χ4n) is 13.9. The molecule has 8 aromatic carbocycles. The summed E-state index contributed by atoms with van der Waals surface area (Å²) in [4.78, 5) is 78.2. The first-order chi connectivity index (χ1) is 47.7. The van der Waals surface area contributed by atoms with Crippen molar-refractivity contribution in [3.63, 3.8) is 0 Å². The lowest BCUT2D eigenvalue weighted by Crippen LogP contribution is -2.06. The van der Waals surface area contributed by atoms with E-state index >= 15 is 0 Å². The molecule has 96 heavy (non-hydrogen) atoms. The third-order valence-corrected chi connectivity index (χ3v) is 17.4. The number of H-pyrrole nitrogens is 2. The molecule has 11 aromatic heterocycles. The number of rotatable bonds is 8. The molecule has 0 unspecified atom stereocenters. The summed E-state index contributed by atoms with van der Waals surface area (Å²) in [5.41, 5.74) is 7.94. The minimum atomic E-state index is 0.200. The van der Waals surface area contributed by atoms with Crippen LogP contribution in [0.25, 0.3) is 178 Å². The molecular formula is C64H34N32. The monoisotopic (exact) mass is 1250 g/mol. The fraction of sp³-hybridized carbons (Fsp3) is 0. The second kappa shape index (κ2) is 19.4. The zero-order valence-electron chi connectivity index (χ0n) is 48.9. The molecule has 0 spiro atoms. The summed E-state index contributed by atoms with van der Waals surface area (Å²) in [7, 11) is 0. The standard InChI is InChI=1S/C64H34N32/c1-2-10-34-33(9-1)49(89-25-65-17-73-89)41-42(50(34)90-26-66-18-74-90)58-81-57(41)85-59-43-44(52(92-28-68-20-76-92)36-12-4-3-11-35(36)51(43)91-27-67-19-75-91)61(82-59)87-63-47-48(56(96-32-72-24-80-96)40-16-8-7-15-39(40)55(47)95-31-71-23-79-95)64(84-63)88-62-46-45(60(83-62)86-58)53(93-29-69-21-77-93)37-13-5-6-14-38(37)54(46)94-30-70-22-78-94/h1-32H,(H2,81,82,83,84,85,86,87,88). The predicted molar refractivity (Wildman–Crippen MR) is 345 cm³/mol. The highest BCUT2D eigenvalue weighted by atomic mass is 15.4. The summed E-state index contributed by atoms with van der Waals surface area (Å²) in [5.74, 6) is 0.799. The molecule has 13 heterocycles. The van der Waals surface area contributed by atoms with Gasteiger partial charge in [0.15, 0.2) is 23.3 Å². The molecule has 0 atom stereocenters. The molecule has 0 aliphatic carbocycles. The number of nitrogens with zero attached hydrogens (tertiary/aromatic N) is 30. The first-order valence-electron chi connectivity index (χ1n) is 29.6. The van der Waals surface area contributed by atoms with Gasteiger partial charge in [-0.05, 0) is 0 Å². The highest BCUT2D eigenvalue weighted by Crippen LogP contribution is 2.51. The number of fused-ring (bicyclic) bond motifs is 24. The predicted octanol–water partition coefficient (Wildman–Crippen LogP) is 8.13. The van der Waals surface area contributed by atoms with Gasteiger partial charge < -0.3 is 9.97 Å². The lowest BCUT2D eigenvalue weighted by Gasteiger charge is -2.17. The lowest BCUT2D eigenvalue weighted by atomic mass is 9.95. The fourth-order valence-corrected chi connectivity index (χ4v) is 13.9. The maximum Gasteiger partial charge on any atom is 0.167 e. The van der Waals surface area contributed by atoms with Crippen LogP contribution >= 0.6 is 0 Å². The highest BCUT2D eigenvalue weighted by molar-refractivity contribution is 6.25. The van der Waals surface area contributed by atoms with E-state index in [1.807, 2.05) is 97.1 Å². The van der Waals surface area contributed by atoms with Crippen molar-refractivity contribution in [2.45, 2.75) is 0 Å². The molecule has 0 amide bonds. The molecule has 450 valence electrons. The number of aromatic nitrogens is 32. The van der Waals surface area contributed by atoms with Crippen LogP contribution in [0.3, 0.4) is 0 Å². The summed E-state index contributed by atoms with van der Waals surface area (Å²) in [6, 6.07) is 31.8. The van der Waals surface area contributed by atoms with Gasteiger partial charge >= 0.3 is 0 Å². The Morgan fingerprint density at radius 2 is 0.385 bits per heavy atom. The first-order valence-corrected chi connectivity index (χ1v) is 29.6. The third-order valence-electron chi connectivity index (χ3n) is 17.4. The average molecular weight is 1250 g/mol. The zero-order valence-corrected chi connectivity index (χ0v) is 48.9. The third kappa shape index (κ3) is 7.12. The van der Waals surface area contributed by atoms with Crippen LogP contribution < -0.4 is 0 Å². The van der Waals surface area contributed by atoms with E-state index in [1.165, 1.54) is 50.6 Å². The van der Waals surface area contributed by atoms with E-state index in [4.69, 9.17) is 70.7 Å². The van der Waals surface area contributed by atoms with Gasteiger partial charge in [-0.2, -0.15) is 40.8 Å². The van der Waals surface area contributed by atoms with Crippen LogP contribution in [0.4, 0.5) is 0 Å². The Kier molecular flexibility index (Phi) is 10.3. The number of nitrogens with one attached hydrogen (secondary N) is 2. The summed E-state index contributed by atoms with van der Waals surface area (Å²) in [6.07, 6.45) is 25.0. The lowest BCUT2D eigenvalue weighted by molar-refractivity contribution is 0.876. The van der Waals surface area contributed by atoms with Gasteiger partial charge in [0.1, 0.15) is 124 Å². The molecule has 2 aliphatic heterocycles. The summed E-state index contributed by atoms with van der Waals surface area (Å²) in [6.45, 7) is 0. The number of hydrogen-bond acceptors (Lipinski definition) is 22. The van der Waals surface area contributed by atoms with Gasteiger partial charge in [0.25, 0.3) is 0 Å². The SMILES string of the molecule is c1ccc2c(-n3cncn3)c3c(c(-n4cncn4)c2c1)-c1nc-3nc2[nH]c(nc3nc(nc4[nH]c(n1)c1c(-n5cncn5)c5ccccc5c(-n5cncn5)c41)-c1c-3c(-n3cncn3)c3ccccc3c1-n1cncn1)c1c(-n3cncn3)c3ccccc3c(-n3cncn3)c21. The smallest absolute Gasteiger partial charge is 0.167 e. The molecule has 21 rings (SSSR count). The van der Waals surface area contributed by atoms with Gasteiger partial charge in [0, 0.05) is 43.1 Å². The Morgan fingerprint density at radius 1 is 0.208 bits per heavy atom. The summed E-state index contributed by atoms with van der Waals surface area (Å²) in [5, 5.41) is 46.8. The molecule has 32 heteroatoms. The molecule has 0 radical (unpaired) electrons. The van der Waals surface area contributed by atoms with Gasteiger partial charge in [-0.1, -0.05) is 97.1 Å². The van der Waals surface area contributed by atoms with Crippen LogP contribution in [-0.2, 0) is 0 Å². The van der Waals surface area contributed by atoms with Crippen LogP contribution in [0.15, 0.2) is 198 Å². The van der Waals surface area contributed by atoms with E-state index in [9.17, 15) is 0 Å². The molecule has 32 nitrogen and oxygen atoms in total. The summed E-state index contributed by atoms with van der Waals surface area (Å²) < 4.78 is 13.7. The van der Waals surface area contributed by atoms with Crippen LogP contribution in [0.5, 0.6) is 0 Å². The van der Waals surface area contributed by atoms with Crippen LogP contribution in [-0.4, -0.2) is 158 Å². The van der Waals surface area contributed by atoms with Crippen LogP contribution in [0, 0.1) is 0 Å². The van der Waals surface area contributed by atoms with Crippen LogP contribution in [0.1, 0.15) is 0 Å². The van der Waals surface area contributed by atoms with Crippen molar-refractivity contribution in [3.8, 4) is 91.1 Å². The minimum absolute atomic E-state index is 0.200. The molecular weight excluding hydrogens is 1220 g/mol. The van der Waals surface area contributed by atoms with E-state index in [0.717, 1.165) is 43.1 Å². The van der Waals surface area contributed by atoms with Crippen molar-refractivity contribution in [2.75, 3.05) is 0 Å². The van der Waals surface area contributed by atoms with E-state index in [2.05, 4.69) is 49.8 Å².